The van der Waals surface area contributed by atoms with Crippen LogP contribution in [0.15, 0.2) is 42.7 Å². The molecule has 1 spiro atoms. The summed E-state index contributed by atoms with van der Waals surface area (Å²) in [6.45, 7) is 1.45. The number of aromatic nitrogens is 2. The summed E-state index contributed by atoms with van der Waals surface area (Å²) in [6.07, 6.45) is 5.49. The van der Waals surface area contributed by atoms with Gasteiger partial charge in [-0.25, -0.2) is 13.8 Å². The van der Waals surface area contributed by atoms with E-state index in [1.807, 2.05) is 18.2 Å². The largest absolute Gasteiger partial charge is 0.493 e. The molecule has 5 rings (SSSR count). The molecule has 6 nitrogen and oxygen atoms in total. The molecule has 166 valence electrons. The number of halogens is 2. The normalized spacial score (nSPS) is 15.9. The van der Waals surface area contributed by atoms with Gasteiger partial charge in [0.15, 0.2) is 23.1 Å². The van der Waals surface area contributed by atoms with Crippen molar-refractivity contribution in [2.75, 3.05) is 31.0 Å². The van der Waals surface area contributed by atoms with E-state index in [0.717, 1.165) is 29.9 Å². The van der Waals surface area contributed by atoms with Crippen LogP contribution in [0.1, 0.15) is 29.7 Å². The van der Waals surface area contributed by atoms with Crippen LogP contribution in [0.4, 0.5) is 20.3 Å². The molecule has 2 aliphatic rings. The Morgan fingerprint density at radius 2 is 1.81 bits per heavy atom. The molecule has 2 aromatic heterocycles. The lowest BCUT2D eigenvalue weighted by molar-refractivity contribution is 0.357. The van der Waals surface area contributed by atoms with Crippen LogP contribution in [0.3, 0.4) is 0 Å². The van der Waals surface area contributed by atoms with Crippen LogP contribution in [-0.2, 0) is 18.5 Å². The maximum Gasteiger partial charge on any atom is 0.191 e. The number of hydrogen-bond donors (Lipinski definition) is 1. The number of ether oxygens (including phenoxy) is 2. The minimum Gasteiger partial charge on any atom is -0.493 e. The predicted octanol–water partition coefficient (Wildman–Crippen LogP) is 4.44. The molecule has 3 heterocycles. The monoisotopic (exact) mass is 438 g/mol. The summed E-state index contributed by atoms with van der Waals surface area (Å²) in [4.78, 5) is 10.6. The van der Waals surface area contributed by atoms with Gasteiger partial charge in [-0.2, -0.15) is 0 Å². The van der Waals surface area contributed by atoms with E-state index >= 15 is 8.78 Å². The van der Waals surface area contributed by atoms with Gasteiger partial charge >= 0.3 is 0 Å². The summed E-state index contributed by atoms with van der Waals surface area (Å²) < 4.78 is 40.5. The zero-order valence-electron chi connectivity index (χ0n) is 18.0. The van der Waals surface area contributed by atoms with Crippen molar-refractivity contribution >= 4 is 11.5 Å². The van der Waals surface area contributed by atoms with Crippen LogP contribution >= 0.6 is 0 Å². The number of rotatable bonds is 6. The topological polar surface area (TPSA) is 59.5 Å². The second-order valence-electron chi connectivity index (χ2n) is 8.30. The fraction of sp³-hybridized carbons (Fsp3) is 0.333. The van der Waals surface area contributed by atoms with Gasteiger partial charge in [-0.05, 0) is 42.2 Å². The Morgan fingerprint density at radius 1 is 1.06 bits per heavy atom. The first-order valence-electron chi connectivity index (χ1n) is 10.5. The summed E-state index contributed by atoms with van der Waals surface area (Å²) in [5.41, 5.74) is 2.85. The van der Waals surface area contributed by atoms with E-state index in [-0.39, 0.29) is 22.6 Å². The van der Waals surface area contributed by atoms with E-state index in [1.54, 1.807) is 17.3 Å². The van der Waals surface area contributed by atoms with Crippen molar-refractivity contribution < 1.29 is 18.3 Å². The zero-order chi connectivity index (χ0) is 22.3. The smallest absolute Gasteiger partial charge is 0.191 e. The molecular weight excluding hydrogens is 414 g/mol. The first-order valence-corrected chi connectivity index (χ1v) is 10.5. The third-order valence-corrected chi connectivity index (χ3v) is 6.31. The number of hydrogen-bond acceptors (Lipinski definition) is 6. The third kappa shape index (κ3) is 3.49. The maximum atomic E-state index is 15.1. The fourth-order valence-corrected chi connectivity index (χ4v) is 4.48. The molecular formula is C24H24F2N4O2. The minimum atomic E-state index is -0.716. The Morgan fingerprint density at radius 3 is 2.44 bits per heavy atom. The maximum absolute atomic E-state index is 15.1. The van der Waals surface area contributed by atoms with Gasteiger partial charge in [0.2, 0.25) is 0 Å². The molecule has 1 aliphatic heterocycles. The minimum absolute atomic E-state index is 0.0407. The van der Waals surface area contributed by atoms with Crippen molar-refractivity contribution in [3.8, 4) is 11.5 Å². The first-order chi connectivity index (χ1) is 15.5. The van der Waals surface area contributed by atoms with Gasteiger partial charge in [-0.1, -0.05) is 6.07 Å². The van der Waals surface area contributed by atoms with Gasteiger partial charge in [-0.3, -0.25) is 4.98 Å². The van der Waals surface area contributed by atoms with Gasteiger partial charge < -0.3 is 19.7 Å². The fourth-order valence-electron chi connectivity index (χ4n) is 4.48. The van der Waals surface area contributed by atoms with Crippen LogP contribution in [0.5, 0.6) is 11.5 Å². The van der Waals surface area contributed by atoms with Crippen LogP contribution < -0.4 is 19.7 Å². The van der Waals surface area contributed by atoms with Crippen molar-refractivity contribution in [1.29, 1.82) is 0 Å². The number of fused-ring (bicyclic) bond motifs is 2. The summed E-state index contributed by atoms with van der Waals surface area (Å²) in [7, 11) is 2.72. The Hall–Kier alpha value is -3.42. The molecule has 8 heteroatoms. The van der Waals surface area contributed by atoms with Crippen molar-refractivity contribution in [3.05, 3.63) is 71.2 Å². The molecule has 0 radical (unpaired) electrons. The van der Waals surface area contributed by atoms with Gasteiger partial charge in [0, 0.05) is 37.0 Å². The van der Waals surface area contributed by atoms with E-state index in [9.17, 15) is 0 Å². The number of nitrogens with one attached hydrogen (secondary N) is 1. The summed E-state index contributed by atoms with van der Waals surface area (Å²) in [5.74, 6) is -0.741. The quantitative estimate of drug-likeness (QED) is 0.614. The Balaban J connectivity index is 1.45. The number of pyridine rings is 2. The molecule has 1 aliphatic carbocycles. The Kier molecular flexibility index (Phi) is 5.07. The van der Waals surface area contributed by atoms with Crippen LogP contribution in [0.2, 0.25) is 0 Å². The van der Waals surface area contributed by atoms with Gasteiger partial charge in [0.25, 0.3) is 0 Å². The summed E-state index contributed by atoms with van der Waals surface area (Å²) in [5, 5.41) is 3.33. The van der Waals surface area contributed by atoms with E-state index < -0.39 is 11.6 Å². The highest BCUT2D eigenvalue weighted by Crippen LogP contribution is 2.54. The highest BCUT2D eigenvalue weighted by Gasteiger charge is 2.50. The SMILES string of the molecule is COc1cc(OC)c(F)c(N2Cc3cnc(NCc4ccccn4)cc3C3(CC3)C2)c1F. The highest BCUT2D eigenvalue weighted by atomic mass is 19.1. The highest BCUT2D eigenvalue weighted by molar-refractivity contribution is 5.62. The Bertz CT molecular complexity index is 1120. The molecule has 0 atom stereocenters. The molecule has 32 heavy (non-hydrogen) atoms. The molecule has 0 bridgehead atoms. The van der Waals surface area contributed by atoms with Gasteiger partial charge in [-0.15, -0.1) is 0 Å². The number of nitrogens with zero attached hydrogens (tertiary/aromatic N) is 3. The van der Waals surface area contributed by atoms with Crippen LogP contribution in [-0.4, -0.2) is 30.7 Å². The van der Waals surface area contributed by atoms with E-state index in [1.165, 1.54) is 25.8 Å². The van der Waals surface area contributed by atoms with Crippen LogP contribution in [0.25, 0.3) is 0 Å². The number of anilines is 2. The predicted molar refractivity (Wildman–Crippen MR) is 117 cm³/mol. The van der Waals surface area contributed by atoms with Gasteiger partial charge in [0.1, 0.15) is 11.5 Å². The molecule has 0 saturated heterocycles. The van der Waals surface area contributed by atoms with Crippen LogP contribution in [0, 0.1) is 11.6 Å². The number of methoxy groups -OCH3 is 2. The lowest BCUT2D eigenvalue weighted by Crippen LogP contribution is -2.39. The summed E-state index contributed by atoms with van der Waals surface area (Å²) in [6, 6.07) is 9.09. The van der Waals surface area contributed by atoms with Gasteiger partial charge in [0.05, 0.1) is 26.5 Å². The van der Waals surface area contributed by atoms with E-state index in [0.29, 0.717) is 19.6 Å². The summed E-state index contributed by atoms with van der Waals surface area (Å²) >= 11 is 0. The average Bonchev–Trinajstić information content (AvgIpc) is 3.58. The third-order valence-electron chi connectivity index (χ3n) is 6.31. The molecule has 1 fully saturated rings. The zero-order valence-corrected chi connectivity index (χ0v) is 18.0. The molecule has 1 aromatic carbocycles. The standard InChI is InChI=1S/C24H24F2N4O2/c1-31-18-10-19(32-2)22(26)23(21(18)25)30-13-15-11-28-20(9-17(15)24(14-30)6-7-24)29-12-16-5-3-4-8-27-16/h3-5,8-11H,6-7,12-14H2,1-2H3,(H,28,29). The average molecular weight is 438 g/mol. The van der Waals surface area contributed by atoms with Crippen molar-refractivity contribution in [1.82, 2.24) is 9.97 Å². The molecule has 3 aromatic rings. The van der Waals surface area contributed by atoms with E-state index in [2.05, 4.69) is 21.4 Å². The lowest BCUT2D eigenvalue weighted by Gasteiger charge is -2.37. The molecule has 0 amide bonds. The van der Waals surface area contributed by atoms with E-state index in [4.69, 9.17) is 9.47 Å². The molecule has 0 unspecified atom stereocenters. The molecule has 1 saturated carbocycles. The first kappa shape index (κ1) is 20.5. The Labute approximate surface area is 185 Å². The lowest BCUT2D eigenvalue weighted by atomic mass is 9.87. The van der Waals surface area contributed by atoms with Crippen molar-refractivity contribution in [3.63, 3.8) is 0 Å². The number of benzene rings is 1. The molecule has 1 N–H and O–H groups in total. The second-order valence-corrected chi connectivity index (χ2v) is 8.30. The van der Waals surface area contributed by atoms with Crippen molar-refractivity contribution in [2.24, 2.45) is 0 Å². The van der Waals surface area contributed by atoms with Crippen molar-refractivity contribution in [2.45, 2.75) is 31.3 Å². The second kappa shape index (κ2) is 7.93.